The normalized spacial score (nSPS) is 11.5. The van der Waals surface area contributed by atoms with Crippen LogP contribution < -0.4 is 10.1 Å². The molecule has 136 valence electrons. The molecule has 1 N–H and O–H groups in total. The zero-order valence-electron chi connectivity index (χ0n) is 16.0. The first kappa shape index (κ1) is 18.8. The van der Waals surface area contributed by atoms with Gasteiger partial charge in [-0.3, -0.25) is 4.99 Å². The van der Waals surface area contributed by atoms with E-state index in [1.165, 1.54) is 11.1 Å². The number of aromatic nitrogens is 3. The van der Waals surface area contributed by atoms with Gasteiger partial charge in [-0.05, 0) is 44.0 Å². The second kappa shape index (κ2) is 8.50. The summed E-state index contributed by atoms with van der Waals surface area (Å²) in [6.45, 7) is 7.97. The van der Waals surface area contributed by atoms with Crippen LogP contribution in [0.1, 0.15) is 22.8 Å². The van der Waals surface area contributed by atoms with Gasteiger partial charge >= 0.3 is 0 Å². The largest absolute Gasteiger partial charge is 0.492 e. The van der Waals surface area contributed by atoms with E-state index in [-0.39, 0.29) is 0 Å². The highest BCUT2D eigenvalue weighted by molar-refractivity contribution is 5.79. The Balaban J connectivity index is 1.83. The Morgan fingerprint density at radius 1 is 1.20 bits per heavy atom. The van der Waals surface area contributed by atoms with Gasteiger partial charge in [0.2, 0.25) is 0 Å². The standard InChI is InChI=1S/C18H28N6O/c1-13-9-14(2)11-16(10-13)25-8-7-23(5)18(19-4)20-12-17-22-21-15(3)24(17)6/h9-11H,7-8,12H2,1-6H3,(H,19,20). The van der Waals surface area contributed by atoms with Crippen LogP contribution in [0.3, 0.4) is 0 Å². The van der Waals surface area contributed by atoms with E-state index in [9.17, 15) is 0 Å². The molecule has 0 fully saturated rings. The highest BCUT2D eigenvalue weighted by atomic mass is 16.5. The van der Waals surface area contributed by atoms with Gasteiger partial charge in [-0.2, -0.15) is 0 Å². The summed E-state index contributed by atoms with van der Waals surface area (Å²) in [6.07, 6.45) is 0. The Kier molecular flexibility index (Phi) is 6.38. The number of likely N-dealkylation sites (N-methyl/N-ethyl adjacent to an activating group) is 1. The van der Waals surface area contributed by atoms with E-state index >= 15 is 0 Å². The van der Waals surface area contributed by atoms with Crippen molar-refractivity contribution in [3.05, 3.63) is 41.0 Å². The van der Waals surface area contributed by atoms with Gasteiger partial charge in [0.25, 0.3) is 0 Å². The molecule has 7 nitrogen and oxygen atoms in total. The molecule has 25 heavy (non-hydrogen) atoms. The van der Waals surface area contributed by atoms with Gasteiger partial charge in [-0.15, -0.1) is 10.2 Å². The van der Waals surface area contributed by atoms with Crippen molar-refractivity contribution in [3.63, 3.8) is 0 Å². The van der Waals surface area contributed by atoms with E-state index in [1.807, 2.05) is 30.5 Å². The van der Waals surface area contributed by atoms with Gasteiger partial charge in [-0.25, -0.2) is 0 Å². The van der Waals surface area contributed by atoms with Crippen molar-refractivity contribution in [1.82, 2.24) is 25.0 Å². The molecule has 2 aromatic rings. The monoisotopic (exact) mass is 344 g/mol. The lowest BCUT2D eigenvalue weighted by molar-refractivity contribution is 0.281. The fourth-order valence-electron chi connectivity index (χ4n) is 2.57. The lowest BCUT2D eigenvalue weighted by Crippen LogP contribution is -2.40. The molecule has 0 amide bonds. The summed E-state index contributed by atoms with van der Waals surface area (Å²) in [5.41, 5.74) is 2.42. The third kappa shape index (κ3) is 5.20. The molecule has 0 aliphatic carbocycles. The Morgan fingerprint density at radius 2 is 1.88 bits per heavy atom. The lowest BCUT2D eigenvalue weighted by atomic mass is 10.1. The first-order valence-corrected chi connectivity index (χ1v) is 8.38. The van der Waals surface area contributed by atoms with Crippen molar-refractivity contribution in [3.8, 4) is 5.75 Å². The fraction of sp³-hybridized carbons (Fsp3) is 0.500. The van der Waals surface area contributed by atoms with Crippen molar-refractivity contribution in [2.75, 3.05) is 27.2 Å². The van der Waals surface area contributed by atoms with Crippen molar-refractivity contribution < 1.29 is 4.74 Å². The maximum atomic E-state index is 5.87. The second-order valence-electron chi connectivity index (χ2n) is 6.22. The summed E-state index contributed by atoms with van der Waals surface area (Å²) in [5.74, 6) is 3.47. The van der Waals surface area contributed by atoms with Crippen molar-refractivity contribution in [1.29, 1.82) is 0 Å². The lowest BCUT2D eigenvalue weighted by Gasteiger charge is -2.22. The molecular weight excluding hydrogens is 316 g/mol. The Bertz CT molecular complexity index is 717. The highest BCUT2D eigenvalue weighted by Crippen LogP contribution is 2.16. The van der Waals surface area contributed by atoms with Crippen molar-refractivity contribution in [2.24, 2.45) is 12.0 Å². The van der Waals surface area contributed by atoms with E-state index in [4.69, 9.17) is 4.74 Å². The van der Waals surface area contributed by atoms with E-state index < -0.39 is 0 Å². The third-order valence-corrected chi connectivity index (χ3v) is 4.05. The minimum absolute atomic E-state index is 0.576. The molecule has 1 aromatic carbocycles. The average molecular weight is 344 g/mol. The molecule has 0 radical (unpaired) electrons. The predicted molar refractivity (Wildman–Crippen MR) is 100.0 cm³/mol. The zero-order chi connectivity index (χ0) is 18.4. The number of guanidine groups is 1. The number of hydrogen-bond acceptors (Lipinski definition) is 4. The summed E-state index contributed by atoms with van der Waals surface area (Å²) in [7, 11) is 5.71. The van der Waals surface area contributed by atoms with Gasteiger partial charge in [0.05, 0.1) is 13.1 Å². The molecule has 0 spiro atoms. The van der Waals surface area contributed by atoms with Crippen LogP contribution in [-0.2, 0) is 13.6 Å². The minimum atomic E-state index is 0.576. The molecule has 0 saturated heterocycles. The molecule has 0 aliphatic heterocycles. The number of rotatable bonds is 6. The fourth-order valence-corrected chi connectivity index (χ4v) is 2.57. The first-order chi connectivity index (χ1) is 11.9. The summed E-state index contributed by atoms with van der Waals surface area (Å²) < 4.78 is 7.83. The van der Waals surface area contributed by atoms with Crippen LogP contribution in [0.2, 0.25) is 0 Å². The van der Waals surface area contributed by atoms with Crippen LogP contribution in [0.15, 0.2) is 23.2 Å². The Morgan fingerprint density at radius 3 is 2.44 bits per heavy atom. The number of nitrogens with one attached hydrogen (secondary N) is 1. The summed E-state index contributed by atoms with van der Waals surface area (Å²) in [5, 5.41) is 11.5. The zero-order valence-corrected chi connectivity index (χ0v) is 16.0. The van der Waals surface area contributed by atoms with Crippen LogP contribution in [0.4, 0.5) is 0 Å². The van der Waals surface area contributed by atoms with Crippen molar-refractivity contribution >= 4 is 5.96 Å². The van der Waals surface area contributed by atoms with Crippen LogP contribution in [0, 0.1) is 20.8 Å². The van der Waals surface area contributed by atoms with Gasteiger partial charge in [0.15, 0.2) is 11.8 Å². The minimum Gasteiger partial charge on any atom is -0.492 e. The van der Waals surface area contributed by atoms with Gasteiger partial charge in [0, 0.05) is 21.1 Å². The van der Waals surface area contributed by atoms with Crippen LogP contribution in [0.25, 0.3) is 0 Å². The number of aryl methyl sites for hydroxylation is 3. The summed E-state index contributed by atoms with van der Waals surface area (Å²) >= 11 is 0. The Labute approximate surface area is 149 Å². The van der Waals surface area contributed by atoms with E-state index in [2.05, 4.69) is 52.6 Å². The molecule has 0 atom stereocenters. The van der Waals surface area contributed by atoms with Gasteiger partial charge in [-0.1, -0.05) is 6.07 Å². The van der Waals surface area contributed by atoms with Crippen LogP contribution in [-0.4, -0.2) is 52.9 Å². The molecule has 0 unspecified atom stereocenters. The average Bonchev–Trinajstić information content (AvgIpc) is 2.86. The van der Waals surface area contributed by atoms with E-state index in [0.29, 0.717) is 13.2 Å². The highest BCUT2D eigenvalue weighted by Gasteiger charge is 2.09. The number of benzene rings is 1. The van der Waals surface area contributed by atoms with E-state index in [0.717, 1.165) is 29.9 Å². The first-order valence-electron chi connectivity index (χ1n) is 8.38. The summed E-state index contributed by atoms with van der Waals surface area (Å²) in [6, 6.07) is 6.24. The maximum absolute atomic E-state index is 5.87. The number of hydrogen-bond donors (Lipinski definition) is 1. The molecule has 1 heterocycles. The van der Waals surface area contributed by atoms with E-state index in [1.54, 1.807) is 7.05 Å². The molecule has 0 saturated carbocycles. The molecule has 2 rings (SSSR count). The number of nitrogens with zero attached hydrogens (tertiary/aromatic N) is 5. The molecule has 1 aromatic heterocycles. The van der Waals surface area contributed by atoms with Crippen LogP contribution in [0.5, 0.6) is 5.75 Å². The predicted octanol–water partition coefficient (Wildman–Crippen LogP) is 1.83. The third-order valence-electron chi connectivity index (χ3n) is 4.05. The van der Waals surface area contributed by atoms with Gasteiger partial charge in [0.1, 0.15) is 18.2 Å². The van der Waals surface area contributed by atoms with Gasteiger partial charge < -0.3 is 19.5 Å². The number of ether oxygens (including phenoxy) is 1. The second-order valence-corrected chi connectivity index (χ2v) is 6.22. The maximum Gasteiger partial charge on any atom is 0.193 e. The number of aliphatic imine (C=N–C) groups is 1. The molecule has 7 heteroatoms. The molecule has 0 bridgehead atoms. The van der Waals surface area contributed by atoms with Crippen molar-refractivity contribution in [2.45, 2.75) is 27.3 Å². The SMILES string of the molecule is CN=C(NCc1nnc(C)n1C)N(C)CCOc1cc(C)cc(C)c1. The molecule has 0 aliphatic rings. The smallest absolute Gasteiger partial charge is 0.193 e. The quantitative estimate of drug-likeness (QED) is 0.640. The summed E-state index contributed by atoms with van der Waals surface area (Å²) in [4.78, 5) is 6.35. The molecular formula is C18H28N6O. The topological polar surface area (TPSA) is 67.6 Å². The Hall–Kier alpha value is -2.57. The van der Waals surface area contributed by atoms with Crippen LogP contribution >= 0.6 is 0 Å².